The minimum atomic E-state index is -0.712. The molecule has 1 unspecified atom stereocenters. The van der Waals surface area contributed by atoms with Crippen molar-refractivity contribution < 1.29 is 14.6 Å². The number of amides is 1. The van der Waals surface area contributed by atoms with E-state index in [1.165, 1.54) is 6.92 Å². The lowest BCUT2D eigenvalue weighted by molar-refractivity contribution is -0.114. The third-order valence-electron chi connectivity index (χ3n) is 3.06. The Morgan fingerprint density at radius 2 is 1.86 bits per heavy atom. The smallest absolute Gasteiger partial charge is 0.221 e. The number of carbonyl (C=O) groups is 1. The second-order valence-electron chi connectivity index (χ2n) is 4.91. The minimum Gasteiger partial charge on any atom is -0.488 e. The monoisotopic (exact) mass is 285 g/mol. The second-order valence-corrected chi connectivity index (χ2v) is 4.91. The molecule has 1 atom stereocenters. The number of anilines is 1. The third kappa shape index (κ3) is 4.33. The van der Waals surface area contributed by atoms with Crippen molar-refractivity contribution in [2.45, 2.75) is 20.0 Å². The molecule has 0 fully saturated rings. The highest BCUT2D eigenvalue weighted by atomic mass is 16.5. The van der Waals surface area contributed by atoms with Gasteiger partial charge in [-0.05, 0) is 24.6 Å². The summed E-state index contributed by atoms with van der Waals surface area (Å²) < 4.78 is 5.62. The quantitative estimate of drug-likeness (QED) is 0.887. The van der Waals surface area contributed by atoms with Gasteiger partial charge in [0.1, 0.15) is 18.5 Å². The Labute approximate surface area is 124 Å². The van der Waals surface area contributed by atoms with Crippen LogP contribution in [-0.4, -0.2) is 17.6 Å². The first kappa shape index (κ1) is 15.1. The van der Waals surface area contributed by atoms with E-state index in [-0.39, 0.29) is 12.5 Å². The molecule has 110 valence electrons. The topological polar surface area (TPSA) is 58.6 Å². The first-order chi connectivity index (χ1) is 10.1. The molecule has 4 nitrogen and oxygen atoms in total. The van der Waals surface area contributed by atoms with E-state index in [1.54, 1.807) is 12.1 Å². The van der Waals surface area contributed by atoms with Crippen LogP contribution in [0.15, 0.2) is 48.5 Å². The first-order valence-electron chi connectivity index (χ1n) is 6.80. The van der Waals surface area contributed by atoms with Crippen LogP contribution in [0.25, 0.3) is 0 Å². The zero-order chi connectivity index (χ0) is 15.2. The Morgan fingerprint density at radius 3 is 2.52 bits per heavy atom. The Morgan fingerprint density at radius 1 is 1.19 bits per heavy atom. The summed E-state index contributed by atoms with van der Waals surface area (Å²) in [5, 5.41) is 12.8. The maximum absolute atomic E-state index is 11.1. The van der Waals surface area contributed by atoms with Crippen molar-refractivity contribution in [3.63, 3.8) is 0 Å². The Bertz CT molecular complexity index is 608. The lowest BCUT2D eigenvalue weighted by Gasteiger charge is -2.15. The summed E-state index contributed by atoms with van der Waals surface area (Å²) in [6.45, 7) is 3.56. The summed E-state index contributed by atoms with van der Waals surface area (Å²) in [6, 6.07) is 14.8. The SMILES string of the molecule is CC(=O)Nc1ccccc1OCC(O)c1ccc(C)cc1. The molecule has 0 spiro atoms. The molecule has 0 saturated heterocycles. The highest BCUT2D eigenvalue weighted by Crippen LogP contribution is 2.25. The molecule has 4 heteroatoms. The molecule has 2 rings (SSSR count). The van der Waals surface area contributed by atoms with E-state index in [9.17, 15) is 9.90 Å². The molecule has 0 saturated carbocycles. The number of carbonyl (C=O) groups excluding carboxylic acids is 1. The van der Waals surface area contributed by atoms with Crippen LogP contribution in [0.1, 0.15) is 24.2 Å². The van der Waals surface area contributed by atoms with Crippen LogP contribution in [0.5, 0.6) is 5.75 Å². The van der Waals surface area contributed by atoms with Gasteiger partial charge in [0.05, 0.1) is 5.69 Å². The Kier molecular flexibility index (Phi) is 4.95. The van der Waals surface area contributed by atoms with Crippen LogP contribution < -0.4 is 10.1 Å². The highest BCUT2D eigenvalue weighted by Gasteiger charge is 2.10. The number of nitrogens with one attached hydrogen (secondary N) is 1. The number of hydrogen-bond acceptors (Lipinski definition) is 3. The fourth-order valence-electron chi connectivity index (χ4n) is 1.94. The predicted octanol–water partition coefficient (Wildman–Crippen LogP) is 3.07. The molecular weight excluding hydrogens is 266 g/mol. The maximum atomic E-state index is 11.1. The number of rotatable bonds is 5. The first-order valence-corrected chi connectivity index (χ1v) is 6.80. The van der Waals surface area contributed by atoms with E-state index in [4.69, 9.17) is 4.74 Å². The van der Waals surface area contributed by atoms with E-state index >= 15 is 0 Å². The van der Waals surface area contributed by atoms with E-state index < -0.39 is 6.10 Å². The molecule has 21 heavy (non-hydrogen) atoms. The molecule has 0 aliphatic heterocycles. The van der Waals surface area contributed by atoms with Crippen molar-refractivity contribution >= 4 is 11.6 Å². The molecule has 2 aromatic rings. The number of para-hydroxylation sites is 2. The van der Waals surface area contributed by atoms with Gasteiger partial charge < -0.3 is 15.2 Å². The average molecular weight is 285 g/mol. The molecule has 0 heterocycles. The van der Waals surface area contributed by atoms with Gasteiger partial charge in [-0.25, -0.2) is 0 Å². The normalized spacial score (nSPS) is 11.8. The number of ether oxygens (including phenoxy) is 1. The number of aryl methyl sites for hydroxylation is 1. The summed E-state index contributed by atoms with van der Waals surface area (Å²) in [4.78, 5) is 11.1. The molecule has 2 N–H and O–H groups in total. The zero-order valence-electron chi connectivity index (χ0n) is 12.2. The van der Waals surface area contributed by atoms with Crippen LogP contribution in [0.4, 0.5) is 5.69 Å². The molecular formula is C17H19NO3. The van der Waals surface area contributed by atoms with Gasteiger partial charge in [0.15, 0.2) is 0 Å². The van der Waals surface area contributed by atoms with Crippen molar-refractivity contribution in [3.8, 4) is 5.75 Å². The molecule has 0 radical (unpaired) electrons. The molecule has 0 bridgehead atoms. The van der Waals surface area contributed by atoms with Gasteiger partial charge in [-0.3, -0.25) is 4.79 Å². The Hall–Kier alpha value is -2.33. The minimum absolute atomic E-state index is 0.125. The lowest BCUT2D eigenvalue weighted by atomic mass is 10.1. The van der Waals surface area contributed by atoms with Crippen LogP contribution >= 0.6 is 0 Å². The average Bonchev–Trinajstić information content (AvgIpc) is 2.46. The van der Waals surface area contributed by atoms with Crippen molar-refractivity contribution in [2.24, 2.45) is 0 Å². The number of aliphatic hydroxyl groups is 1. The van der Waals surface area contributed by atoms with E-state index in [2.05, 4.69) is 5.32 Å². The van der Waals surface area contributed by atoms with Gasteiger partial charge in [-0.1, -0.05) is 42.0 Å². The molecule has 0 aromatic heterocycles. The van der Waals surface area contributed by atoms with Gasteiger partial charge >= 0.3 is 0 Å². The summed E-state index contributed by atoms with van der Waals surface area (Å²) in [7, 11) is 0. The number of benzene rings is 2. The lowest BCUT2D eigenvalue weighted by Crippen LogP contribution is -2.12. The number of hydrogen-bond donors (Lipinski definition) is 2. The third-order valence-corrected chi connectivity index (χ3v) is 3.06. The van der Waals surface area contributed by atoms with Crippen LogP contribution in [0.2, 0.25) is 0 Å². The fraction of sp³-hybridized carbons (Fsp3) is 0.235. The standard InChI is InChI=1S/C17H19NO3/c1-12-7-9-14(10-8-12)16(20)11-21-17-6-4-3-5-15(17)18-13(2)19/h3-10,16,20H,11H2,1-2H3,(H,18,19). The van der Waals surface area contributed by atoms with Gasteiger partial charge in [-0.15, -0.1) is 0 Å². The van der Waals surface area contributed by atoms with Crippen LogP contribution in [0, 0.1) is 6.92 Å². The number of aliphatic hydroxyl groups excluding tert-OH is 1. The summed E-state index contributed by atoms with van der Waals surface area (Å²) in [5.41, 5.74) is 2.54. The van der Waals surface area contributed by atoms with Gasteiger partial charge in [-0.2, -0.15) is 0 Å². The van der Waals surface area contributed by atoms with Gasteiger partial charge in [0, 0.05) is 6.92 Å². The molecule has 2 aromatic carbocycles. The van der Waals surface area contributed by atoms with Crippen molar-refractivity contribution in [1.82, 2.24) is 0 Å². The molecule has 1 amide bonds. The van der Waals surface area contributed by atoms with Crippen LogP contribution in [0.3, 0.4) is 0 Å². The fourth-order valence-corrected chi connectivity index (χ4v) is 1.94. The molecule has 0 aliphatic carbocycles. The highest BCUT2D eigenvalue weighted by molar-refractivity contribution is 5.90. The van der Waals surface area contributed by atoms with Crippen molar-refractivity contribution in [3.05, 3.63) is 59.7 Å². The van der Waals surface area contributed by atoms with Gasteiger partial charge in [0.2, 0.25) is 5.91 Å². The largest absolute Gasteiger partial charge is 0.488 e. The van der Waals surface area contributed by atoms with E-state index in [0.29, 0.717) is 11.4 Å². The maximum Gasteiger partial charge on any atom is 0.221 e. The van der Waals surface area contributed by atoms with Crippen molar-refractivity contribution in [2.75, 3.05) is 11.9 Å². The zero-order valence-corrected chi connectivity index (χ0v) is 12.2. The predicted molar refractivity (Wildman–Crippen MR) is 82.4 cm³/mol. The Balaban J connectivity index is 2.02. The second kappa shape index (κ2) is 6.90. The summed E-state index contributed by atoms with van der Waals surface area (Å²) >= 11 is 0. The molecule has 0 aliphatic rings. The summed E-state index contributed by atoms with van der Waals surface area (Å²) in [5.74, 6) is 0.379. The van der Waals surface area contributed by atoms with Crippen molar-refractivity contribution in [1.29, 1.82) is 0 Å². The van der Waals surface area contributed by atoms with E-state index in [0.717, 1.165) is 11.1 Å². The summed E-state index contributed by atoms with van der Waals surface area (Å²) in [6.07, 6.45) is -0.712. The van der Waals surface area contributed by atoms with E-state index in [1.807, 2.05) is 43.3 Å². The van der Waals surface area contributed by atoms with Crippen LogP contribution in [-0.2, 0) is 4.79 Å². The van der Waals surface area contributed by atoms with Gasteiger partial charge in [0.25, 0.3) is 0 Å².